The lowest BCUT2D eigenvalue weighted by atomic mass is 10.1. The van der Waals surface area contributed by atoms with E-state index in [2.05, 4.69) is 23.3 Å². The van der Waals surface area contributed by atoms with Crippen LogP contribution in [0.3, 0.4) is 0 Å². The van der Waals surface area contributed by atoms with E-state index >= 15 is 0 Å². The summed E-state index contributed by atoms with van der Waals surface area (Å²) in [6, 6.07) is 7.63. The van der Waals surface area contributed by atoms with Gasteiger partial charge in [-0.05, 0) is 5.56 Å². The van der Waals surface area contributed by atoms with Gasteiger partial charge in [-0.25, -0.2) is 0 Å². The summed E-state index contributed by atoms with van der Waals surface area (Å²) >= 11 is 3.82. The number of hydrogen-bond donors (Lipinski definition) is 4. The number of carbonyl (C=O) groups is 3. The largest absolute Gasteiger partial charge is 0.480 e. The summed E-state index contributed by atoms with van der Waals surface area (Å²) in [5.74, 6) is -2.21. The molecule has 7 heteroatoms. The third-order valence-electron chi connectivity index (χ3n) is 2.26. The molecular formula is C12H14N2O4S. The molecule has 102 valence electrons. The maximum atomic E-state index is 11.9. The number of nitrogens with one attached hydrogen (secondary N) is 2. The quantitative estimate of drug-likeness (QED) is 0.551. The molecule has 1 aromatic rings. The normalized spacial score (nSPS) is 11.4. The molecule has 0 bridgehead atoms. The van der Waals surface area contributed by atoms with Crippen molar-refractivity contribution >= 4 is 30.4 Å². The monoisotopic (exact) mass is 282 g/mol. The smallest absolute Gasteiger partial charge is 0.322 e. The van der Waals surface area contributed by atoms with Crippen LogP contribution in [0.1, 0.15) is 11.6 Å². The number of rotatable bonds is 6. The van der Waals surface area contributed by atoms with E-state index in [1.54, 1.807) is 30.3 Å². The Morgan fingerprint density at radius 1 is 1.21 bits per heavy atom. The highest BCUT2D eigenvalue weighted by atomic mass is 32.1. The van der Waals surface area contributed by atoms with Crippen LogP contribution < -0.4 is 10.6 Å². The first-order valence-corrected chi connectivity index (χ1v) is 6.12. The fourth-order valence-corrected chi connectivity index (χ4v) is 1.51. The van der Waals surface area contributed by atoms with Gasteiger partial charge >= 0.3 is 5.97 Å². The fourth-order valence-electron chi connectivity index (χ4n) is 1.42. The van der Waals surface area contributed by atoms with E-state index < -0.39 is 30.4 Å². The molecule has 2 amide bonds. The van der Waals surface area contributed by atoms with Gasteiger partial charge in [0.05, 0.1) is 5.75 Å². The van der Waals surface area contributed by atoms with Crippen LogP contribution in [-0.4, -0.2) is 35.2 Å². The van der Waals surface area contributed by atoms with Gasteiger partial charge in [-0.1, -0.05) is 30.3 Å². The van der Waals surface area contributed by atoms with Gasteiger partial charge in [0.15, 0.2) is 0 Å². The third-order valence-corrected chi connectivity index (χ3v) is 2.55. The second-order valence-electron chi connectivity index (χ2n) is 3.68. The molecule has 0 aliphatic rings. The zero-order valence-corrected chi connectivity index (χ0v) is 10.9. The minimum absolute atomic E-state index is 0.0600. The Morgan fingerprint density at radius 3 is 2.37 bits per heavy atom. The van der Waals surface area contributed by atoms with Crippen LogP contribution in [0, 0.1) is 0 Å². The van der Waals surface area contributed by atoms with Crippen molar-refractivity contribution in [2.24, 2.45) is 0 Å². The molecule has 0 heterocycles. The molecule has 1 rings (SSSR count). The highest BCUT2D eigenvalue weighted by Gasteiger charge is 2.22. The lowest BCUT2D eigenvalue weighted by Gasteiger charge is -2.17. The molecule has 0 spiro atoms. The fraction of sp³-hybridized carbons (Fsp3) is 0.250. The summed E-state index contributed by atoms with van der Waals surface area (Å²) < 4.78 is 0. The number of benzene rings is 1. The summed E-state index contributed by atoms with van der Waals surface area (Å²) in [7, 11) is 0. The highest BCUT2D eigenvalue weighted by Crippen LogP contribution is 2.12. The summed E-state index contributed by atoms with van der Waals surface area (Å²) in [5.41, 5.74) is 0.570. The number of carboxylic acid groups (broad SMARTS) is 1. The van der Waals surface area contributed by atoms with Crippen LogP contribution >= 0.6 is 12.6 Å². The van der Waals surface area contributed by atoms with Gasteiger partial charge in [-0.15, -0.1) is 0 Å². The zero-order chi connectivity index (χ0) is 14.3. The van der Waals surface area contributed by atoms with Crippen molar-refractivity contribution in [3.8, 4) is 0 Å². The highest BCUT2D eigenvalue weighted by molar-refractivity contribution is 7.81. The standard InChI is InChI=1S/C12H14N2O4S/c15-9(7-19)14-11(8-4-2-1-3-5-8)12(18)13-6-10(16)17/h1-5,11,19H,6-7H2,(H,13,18)(H,14,15)(H,16,17). The first-order valence-electron chi connectivity index (χ1n) is 5.49. The predicted octanol–water partition coefficient (Wildman–Crippen LogP) is -0.0255. The van der Waals surface area contributed by atoms with Gasteiger partial charge in [-0.2, -0.15) is 12.6 Å². The van der Waals surface area contributed by atoms with E-state index in [1.807, 2.05) is 0 Å². The number of carboxylic acids is 1. The van der Waals surface area contributed by atoms with Gasteiger partial charge in [0.2, 0.25) is 11.8 Å². The molecule has 0 aromatic heterocycles. The molecule has 6 nitrogen and oxygen atoms in total. The summed E-state index contributed by atoms with van der Waals surface area (Å²) in [6.07, 6.45) is 0. The number of hydrogen-bond acceptors (Lipinski definition) is 4. The maximum absolute atomic E-state index is 11.9. The van der Waals surface area contributed by atoms with Gasteiger partial charge in [0.1, 0.15) is 12.6 Å². The number of thiol groups is 1. The number of amides is 2. The van der Waals surface area contributed by atoms with Crippen LogP contribution in [-0.2, 0) is 14.4 Å². The van der Waals surface area contributed by atoms with Gasteiger partial charge < -0.3 is 15.7 Å². The molecule has 0 saturated carbocycles. The lowest BCUT2D eigenvalue weighted by molar-refractivity contribution is -0.138. The topological polar surface area (TPSA) is 95.5 Å². The van der Waals surface area contributed by atoms with Gasteiger partial charge in [0.25, 0.3) is 0 Å². The summed E-state index contributed by atoms with van der Waals surface area (Å²) in [5, 5.41) is 13.2. The van der Waals surface area contributed by atoms with Crippen molar-refractivity contribution in [2.75, 3.05) is 12.3 Å². The molecule has 1 unspecified atom stereocenters. The molecule has 0 radical (unpaired) electrons. The Bertz CT molecular complexity index is 464. The van der Waals surface area contributed by atoms with Crippen molar-refractivity contribution in [2.45, 2.75) is 6.04 Å². The molecule has 0 saturated heterocycles. The van der Waals surface area contributed by atoms with E-state index in [0.717, 1.165) is 0 Å². The SMILES string of the molecule is O=C(O)CNC(=O)C(NC(=O)CS)c1ccccc1. The first kappa shape index (κ1) is 15.0. The molecule has 3 N–H and O–H groups in total. The Balaban J connectivity index is 2.83. The lowest BCUT2D eigenvalue weighted by Crippen LogP contribution is -2.42. The van der Waals surface area contributed by atoms with Crippen LogP contribution in [0.4, 0.5) is 0 Å². The van der Waals surface area contributed by atoms with Crippen molar-refractivity contribution in [1.82, 2.24) is 10.6 Å². The molecule has 19 heavy (non-hydrogen) atoms. The molecular weight excluding hydrogens is 268 g/mol. The van der Waals surface area contributed by atoms with Crippen LogP contribution in [0.25, 0.3) is 0 Å². The average molecular weight is 282 g/mol. The predicted molar refractivity (Wildman–Crippen MR) is 71.8 cm³/mol. The van der Waals surface area contributed by atoms with Crippen molar-refractivity contribution in [3.63, 3.8) is 0 Å². The second-order valence-corrected chi connectivity index (χ2v) is 4.00. The molecule has 1 aromatic carbocycles. The Labute approximate surface area is 115 Å². The minimum Gasteiger partial charge on any atom is -0.480 e. The molecule has 0 aliphatic carbocycles. The Hall–Kier alpha value is -2.02. The number of aliphatic carboxylic acids is 1. The van der Waals surface area contributed by atoms with Crippen LogP contribution in [0.2, 0.25) is 0 Å². The Kier molecular flexibility index (Phi) is 5.87. The molecule has 1 atom stereocenters. The third kappa shape index (κ3) is 5.01. The second kappa shape index (κ2) is 7.42. The average Bonchev–Trinajstić information content (AvgIpc) is 2.42. The minimum atomic E-state index is -1.15. The van der Waals surface area contributed by atoms with Gasteiger partial charge in [-0.3, -0.25) is 14.4 Å². The Morgan fingerprint density at radius 2 is 1.84 bits per heavy atom. The van der Waals surface area contributed by atoms with Crippen molar-refractivity contribution < 1.29 is 19.5 Å². The van der Waals surface area contributed by atoms with E-state index in [-0.39, 0.29) is 5.75 Å². The van der Waals surface area contributed by atoms with E-state index in [0.29, 0.717) is 5.56 Å². The van der Waals surface area contributed by atoms with Crippen LogP contribution in [0.5, 0.6) is 0 Å². The molecule has 0 fully saturated rings. The molecule has 0 aliphatic heterocycles. The number of carbonyl (C=O) groups excluding carboxylic acids is 2. The zero-order valence-electron chi connectivity index (χ0n) is 10.00. The van der Waals surface area contributed by atoms with E-state index in [4.69, 9.17) is 5.11 Å². The van der Waals surface area contributed by atoms with E-state index in [9.17, 15) is 14.4 Å². The van der Waals surface area contributed by atoms with Gasteiger partial charge in [0, 0.05) is 0 Å². The van der Waals surface area contributed by atoms with Crippen molar-refractivity contribution in [1.29, 1.82) is 0 Å². The van der Waals surface area contributed by atoms with E-state index in [1.165, 1.54) is 0 Å². The first-order chi connectivity index (χ1) is 9.04. The summed E-state index contributed by atoms with van der Waals surface area (Å²) in [4.78, 5) is 33.7. The van der Waals surface area contributed by atoms with Crippen LogP contribution in [0.15, 0.2) is 30.3 Å². The maximum Gasteiger partial charge on any atom is 0.322 e. The van der Waals surface area contributed by atoms with Crippen molar-refractivity contribution in [3.05, 3.63) is 35.9 Å². The summed E-state index contributed by atoms with van der Waals surface area (Å²) in [6.45, 7) is -0.501.